The zero-order chi connectivity index (χ0) is 28.7. The van der Waals surface area contributed by atoms with Crippen LogP contribution in [-0.2, 0) is 4.79 Å². The molecule has 1 aromatic carbocycles. The van der Waals surface area contributed by atoms with Crippen LogP contribution in [0.25, 0.3) is 11.4 Å². The number of benzene rings is 1. The van der Waals surface area contributed by atoms with Gasteiger partial charge in [-0.05, 0) is 73.8 Å². The Morgan fingerprint density at radius 1 is 0.780 bits per heavy atom. The third kappa shape index (κ3) is 10.9. The number of thioether (sulfide) groups is 2. The summed E-state index contributed by atoms with van der Waals surface area (Å²) in [7, 11) is 0. The first-order valence-electron chi connectivity index (χ1n) is 16.5. The van der Waals surface area contributed by atoms with Crippen LogP contribution in [0, 0.1) is 11.8 Å². The number of nitrogens with zero attached hydrogens (tertiary/aromatic N) is 2. The van der Waals surface area contributed by atoms with E-state index in [1.807, 2.05) is 60.2 Å². The van der Waals surface area contributed by atoms with Crippen molar-refractivity contribution in [1.82, 2.24) is 9.97 Å². The summed E-state index contributed by atoms with van der Waals surface area (Å²) < 4.78 is 6.36. The summed E-state index contributed by atoms with van der Waals surface area (Å²) in [4.78, 5) is 22.1. The van der Waals surface area contributed by atoms with Gasteiger partial charge in [-0.25, -0.2) is 9.97 Å². The largest absolute Gasteiger partial charge is 0.426 e. The van der Waals surface area contributed by atoms with Crippen molar-refractivity contribution < 1.29 is 9.53 Å². The Balaban J connectivity index is 1.16. The second-order valence-electron chi connectivity index (χ2n) is 12.2. The highest BCUT2D eigenvalue weighted by Gasteiger charge is 2.28. The highest BCUT2D eigenvalue weighted by molar-refractivity contribution is 8.17. The third-order valence-corrected chi connectivity index (χ3v) is 12.1. The summed E-state index contributed by atoms with van der Waals surface area (Å²) in [5, 5.41) is 0. The average molecular weight is 597 g/mol. The molecule has 0 N–H and O–H groups in total. The first kappa shape index (κ1) is 32.4. The van der Waals surface area contributed by atoms with Gasteiger partial charge in [0.15, 0.2) is 5.82 Å². The molecular formula is C35H52N2O2S2. The van der Waals surface area contributed by atoms with Gasteiger partial charge in [0.05, 0.1) is 10.5 Å². The molecule has 4 nitrogen and oxygen atoms in total. The van der Waals surface area contributed by atoms with Crippen LogP contribution in [0.2, 0.25) is 0 Å². The molecule has 1 aromatic heterocycles. The van der Waals surface area contributed by atoms with Crippen molar-refractivity contribution in [3.63, 3.8) is 0 Å². The Kier molecular flexibility index (Phi) is 14.4. The molecular weight excluding hydrogens is 545 g/mol. The maximum atomic E-state index is 12.7. The molecule has 1 aliphatic carbocycles. The summed E-state index contributed by atoms with van der Waals surface area (Å²) in [6, 6.07) is 7.66. The van der Waals surface area contributed by atoms with E-state index in [1.165, 1.54) is 108 Å². The van der Waals surface area contributed by atoms with E-state index < -0.39 is 0 Å². The second-order valence-corrected chi connectivity index (χ2v) is 15.0. The maximum Gasteiger partial charge on any atom is 0.316 e. The van der Waals surface area contributed by atoms with E-state index in [9.17, 15) is 4.79 Å². The molecule has 4 rings (SSSR count). The normalized spacial score (nSPS) is 22.9. The highest BCUT2D eigenvalue weighted by atomic mass is 32.2. The quantitative estimate of drug-likeness (QED) is 0.109. The van der Waals surface area contributed by atoms with Gasteiger partial charge in [0.1, 0.15) is 5.75 Å². The molecule has 0 unspecified atom stereocenters. The molecule has 226 valence electrons. The monoisotopic (exact) mass is 596 g/mol. The number of esters is 1. The number of carbonyl (C=O) groups is 1. The smallest absolute Gasteiger partial charge is 0.316 e. The molecule has 41 heavy (non-hydrogen) atoms. The molecule has 2 aliphatic rings. The van der Waals surface area contributed by atoms with E-state index >= 15 is 0 Å². The molecule has 1 saturated heterocycles. The molecule has 0 radical (unpaired) electrons. The van der Waals surface area contributed by atoms with Gasteiger partial charge in [-0.15, -0.1) is 23.5 Å². The van der Waals surface area contributed by atoms with Crippen molar-refractivity contribution in [1.29, 1.82) is 0 Å². The molecule has 6 heteroatoms. The van der Waals surface area contributed by atoms with Gasteiger partial charge in [-0.2, -0.15) is 0 Å². The predicted molar refractivity (Wildman–Crippen MR) is 177 cm³/mol. The molecule has 1 saturated carbocycles. The number of rotatable bonds is 16. The van der Waals surface area contributed by atoms with Gasteiger partial charge in [0.25, 0.3) is 0 Å². The van der Waals surface area contributed by atoms with Crippen LogP contribution >= 0.6 is 23.5 Å². The van der Waals surface area contributed by atoms with Crippen LogP contribution < -0.4 is 4.74 Å². The van der Waals surface area contributed by atoms with E-state index in [0.29, 0.717) is 16.2 Å². The van der Waals surface area contributed by atoms with Crippen LogP contribution in [0.15, 0.2) is 36.7 Å². The van der Waals surface area contributed by atoms with Crippen LogP contribution in [0.3, 0.4) is 0 Å². The minimum atomic E-state index is -0.109. The van der Waals surface area contributed by atoms with Gasteiger partial charge in [-0.1, -0.05) is 84.5 Å². The summed E-state index contributed by atoms with van der Waals surface area (Å²) in [6.45, 7) is 4.53. The number of ether oxygens (including phenoxy) is 1. The minimum absolute atomic E-state index is 0.0293. The SMILES string of the molecule is CCCCCCCCC[C@H]1CC[C@H](c2cnc(-c3ccc(OC(=O)C4CSC(CCCCC)SC4)cc3)nc2)CC1. The average Bonchev–Trinajstić information content (AvgIpc) is 3.02. The van der Waals surface area contributed by atoms with Crippen LogP contribution in [0.4, 0.5) is 0 Å². The summed E-state index contributed by atoms with van der Waals surface area (Å²) in [5.74, 6) is 4.43. The van der Waals surface area contributed by atoms with Crippen molar-refractivity contribution in [2.75, 3.05) is 11.5 Å². The summed E-state index contributed by atoms with van der Waals surface area (Å²) >= 11 is 3.85. The molecule has 0 atom stereocenters. The lowest BCUT2D eigenvalue weighted by Crippen LogP contribution is -2.29. The lowest BCUT2D eigenvalue weighted by molar-refractivity contribution is -0.137. The van der Waals surface area contributed by atoms with Crippen molar-refractivity contribution in [2.45, 2.75) is 127 Å². The molecule has 0 bridgehead atoms. The van der Waals surface area contributed by atoms with Gasteiger partial charge in [-0.3, -0.25) is 4.79 Å². The summed E-state index contributed by atoms with van der Waals surface area (Å²) in [6.07, 6.45) is 25.6. The van der Waals surface area contributed by atoms with Crippen molar-refractivity contribution in [3.8, 4) is 17.1 Å². The minimum Gasteiger partial charge on any atom is -0.426 e. The fourth-order valence-electron chi connectivity index (χ4n) is 6.15. The zero-order valence-electron chi connectivity index (χ0n) is 25.5. The van der Waals surface area contributed by atoms with Crippen molar-refractivity contribution in [3.05, 3.63) is 42.2 Å². The van der Waals surface area contributed by atoms with Crippen molar-refractivity contribution >= 4 is 29.5 Å². The van der Waals surface area contributed by atoms with Gasteiger partial charge in [0, 0.05) is 29.5 Å². The third-order valence-electron chi connectivity index (χ3n) is 8.88. The lowest BCUT2D eigenvalue weighted by Gasteiger charge is -2.28. The second kappa shape index (κ2) is 18.2. The van der Waals surface area contributed by atoms with E-state index in [0.717, 1.165) is 28.8 Å². The van der Waals surface area contributed by atoms with Gasteiger partial charge >= 0.3 is 5.97 Å². The van der Waals surface area contributed by atoms with Crippen LogP contribution in [0.5, 0.6) is 5.75 Å². The standard InChI is InChI=1S/C35H52N2O2S2/c1-3-5-7-8-9-10-12-13-27-15-17-28(18-16-27)30-23-36-34(37-24-30)29-19-21-32(22-20-29)39-35(38)31-25-40-33(41-26-31)14-11-6-4-2/h19-24,27-28,31,33H,3-18,25-26H2,1-2H3/t27-,28-,31?,33?. The maximum absolute atomic E-state index is 12.7. The van der Waals surface area contributed by atoms with Gasteiger partial charge in [0.2, 0.25) is 0 Å². The predicted octanol–water partition coefficient (Wildman–Crippen LogP) is 10.5. The molecule has 0 amide bonds. The Morgan fingerprint density at radius 3 is 2.02 bits per heavy atom. The fraction of sp³-hybridized carbons (Fsp3) is 0.686. The Hall–Kier alpha value is -1.53. The Bertz CT molecular complexity index is 998. The molecule has 0 spiro atoms. The number of carbonyl (C=O) groups excluding carboxylic acids is 1. The lowest BCUT2D eigenvalue weighted by atomic mass is 9.77. The first-order chi connectivity index (χ1) is 20.2. The highest BCUT2D eigenvalue weighted by Crippen LogP contribution is 2.39. The van der Waals surface area contributed by atoms with Crippen molar-refractivity contribution in [2.24, 2.45) is 11.8 Å². The zero-order valence-corrected chi connectivity index (χ0v) is 27.2. The van der Waals surface area contributed by atoms with E-state index in [2.05, 4.69) is 13.8 Å². The van der Waals surface area contributed by atoms with Gasteiger partial charge < -0.3 is 4.74 Å². The Labute approximate surface area is 258 Å². The topological polar surface area (TPSA) is 52.1 Å². The number of aromatic nitrogens is 2. The van der Waals surface area contributed by atoms with E-state index in [1.54, 1.807) is 0 Å². The first-order valence-corrected chi connectivity index (χ1v) is 18.6. The number of hydrogen-bond acceptors (Lipinski definition) is 6. The number of hydrogen-bond donors (Lipinski definition) is 0. The van der Waals surface area contributed by atoms with Crippen LogP contribution in [0.1, 0.15) is 128 Å². The molecule has 2 fully saturated rings. The fourth-order valence-corrected chi connectivity index (χ4v) is 9.22. The molecule has 2 heterocycles. The summed E-state index contributed by atoms with van der Waals surface area (Å²) in [5.41, 5.74) is 2.23. The molecule has 2 aromatic rings. The van der Waals surface area contributed by atoms with E-state index in [-0.39, 0.29) is 11.9 Å². The Morgan fingerprint density at radius 2 is 1.37 bits per heavy atom. The molecule has 1 aliphatic heterocycles. The van der Waals surface area contributed by atoms with E-state index in [4.69, 9.17) is 14.7 Å². The van der Waals surface area contributed by atoms with Crippen LogP contribution in [-0.4, -0.2) is 32.0 Å². The number of unbranched alkanes of at least 4 members (excludes halogenated alkanes) is 8.